The first kappa shape index (κ1) is 11.9. The Balaban J connectivity index is 1.92. The molecule has 0 N–H and O–H groups in total. The molecule has 0 spiro atoms. The summed E-state index contributed by atoms with van der Waals surface area (Å²) in [6, 6.07) is 14.8. The first-order valence-electron chi connectivity index (χ1n) is 5.49. The highest BCUT2D eigenvalue weighted by Crippen LogP contribution is 2.26. The molecule has 0 atom stereocenters. The molecular formula is C15H10S3. The quantitative estimate of drug-likeness (QED) is 0.444. The van der Waals surface area contributed by atoms with Crippen molar-refractivity contribution in [2.24, 2.45) is 0 Å². The number of fused-ring (bicyclic) bond motifs is 1. The van der Waals surface area contributed by atoms with E-state index in [2.05, 4.69) is 60.6 Å². The lowest BCUT2D eigenvalue weighted by Gasteiger charge is -1.82. The molecular weight excluding hydrogens is 276 g/mol. The van der Waals surface area contributed by atoms with E-state index in [-0.39, 0.29) is 0 Å². The zero-order valence-corrected chi connectivity index (χ0v) is 12.2. The third kappa shape index (κ3) is 2.46. The summed E-state index contributed by atoms with van der Waals surface area (Å²) in [6.07, 6.45) is 2.09. The van der Waals surface area contributed by atoms with Crippen molar-refractivity contribution in [2.75, 3.05) is 6.26 Å². The standard InChI is InChI=1S/C15H10S3/c1-16-15-9-8-12(18-15)6-7-13-10-11-4-2-3-5-14(11)17-13/h2-5,8-10H,1H3. The maximum Gasteiger partial charge on any atom is 0.0785 e. The molecule has 18 heavy (non-hydrogen) atoms. The van der Waals surface area contributed by atoms with Crippen molar-refractivity contribution in [1.29, 1.82) is 0 Å². The molecule has 2 aromatic heterocycles. The van der Waals surface area contributed by atoms with Crippen LogP contribution in [0.1, 0.15) is 9.75 Å². The Bertz CT molecular complexity index is 705. The third-order valence-corrected chi connectivity index (χ3v) is 5.63. The van der Waals surface area contributed by atoms with E-state index in [0.717, 1.165) is 9.75 Å². The molecule has 0 bridgehead atoms. The van der Waals surface area contributed by atoms with Crippen LogP contribution in [0.25, 0.3) is 10.1 Å². The molecule has 0 nitrogen and oxygen atoms in total. The van der Waals surface area contributed by atoms with Crippen LogP contribution in [0.5, 0.6) is 0 Å². The number of hydrogen-bond acceptors (Lipinski definition) is 3. The zero-order chi connectivity index (χ0) is 12.4. The fourth-order valence-electron chi connectivity index (χ4n) is 1.66. The number of rotatable bonds is 1. The Morgan fingerprint density at radius 1 is 0.944 bits per heavy atom. The van der Waals surface area contributed by atoms with Crippen LogP contribution in [0.3, 0.4) is 0 Å². The molecule has 3 aromatic rings. The fraction of sp³-hybridized carbons (Fsp3) is 0.0667. The van der Waals surface area contributed by atoms with Crippen molar-refractivity contribution < 1.29 is 0 Å². The van der Waals surface area contributed by atoms with Gasteiger partial charge in [0.1, 0.15) is 0 Å². The summed E-state index contributed by atoms with van der Waals surface area (Å²) in [4.78, 5) is 2.27. The predicted octanol–water partition coefficient (Wildman–Crippen LogP) is 5.08. The van der Waals surface area contributed by atoms with Crippen molar-refractivity contribution >= 4 is 44.5 Å². The van der Waals surface area contributed by atoms with Gasteiger partial charge in [-0.15, -0.1) is 34.4 Å². The normalized spacial score (nSPS) is 10.3. The van der Waals surface area contributed by atoms with Crippen molar-refractivity contribution in [1.82, 2.24) is 0 Å². The van der Waals surface area contributed by atoms with Gasteiger partial charge in [0.05, 0.1) is 14.0 Å². The summed E-state index contributed by atoms with van der Waals surface area (Å²) in [5, 5.41) is 1.28. The highest BCUT2D eigenvalue weighted by atomic mass is 32.2. The van der Waals surface area contributed by atoms with Gasteiger partial charge in [0.25, 0.3) is 0 Å². The van der Waals surface area contributed by atoms with E-state index in [1.165, 1.54) is 14.3 Å². The first-order chi connectivity index (χ1) is 8.85. The predicted molar refractivity (Wildman–Crippen MR) is 83.9 cm³/mol. The van der Waals surface area contributed by atoms with Crippen LogP contribution in [0.15, 0.2) is 46.7 Å². The summed E-state index contributed by atoms with van der Waals surface area (Å²) in [7, 11) is 0. The minimum atomic E-state index is 1.13. The molecule has 0 unspecified atom stereocenters. The zero-order valence-electron chi connectivity index (χ0n) is 9.77. The molecule has 2 heterocycles. The van der Waals surface area contributed by atoms with Gasteiger partial charge in [0, 0.05) is 4.70 Å². The highest BCUT2D eigenvalue weighted by molar-refractivity contribution is 8.00. The smallest absolute Gasteiger partial charge is 0.0785 e. The minimum Gasteiger partial charge on any atom is -0.127 e. The van der Waals surface area contributed by atoms with E-state index in [1.807, 2.05) is 0 Å². The van der Waals surface area contributed by atoms with Gasteiger partial charge in [0.2, 0.25) is 0 Å². The molecule has 88 valence electrons. The Kier molecular flexibility index (Phi) is 3.42. The molecule has 0 amide bonds. The van der Waals surface area contributed by atoms with Crippen LogP contribution in [-0.2, 0) is 0 Å². The second kappa shape index (κ2) is 5.19. The van der Waals surface area contributed by atoms with E-state index in [9.17, 15) is 0 Å². The van der Waals surface area contributed by atoms with Gasteiger partial charge in [-0.1, -0.05) is 18.2 Å². The Morgan fingerprint density at radius 3 is 2.56 bits per heavy atom. The molecule has 3 heteroatoms. The van der Waals surface area contributed by atoms with Crippen LogP contribution < -0.4 is 0 Å². The van der Waals surface area contributed by atoms with Gasteiger partial charge >= 0.3 is 0 Å². The van der Waals surface area contributed by atoms with Crippen LogP contribution in [0.2, 0.25) is 0 Å². The van der Waals surface area contributed by atoms with Gasteiger partial charge in [-0.05, 0) is 47.7 Å². The van der Waals surface area contributed by atoms with Crippen LogP contribution in [-0.4, -0.2) is 6.26 Å². The average Bonchev–Trinajstić information content (AvgIpc) is 3.02. The largest absolute Gasteiger partial charge is 0.127 e. The maximum absolute atomic E-state index is 3.26. The lowest BCUT2D eigenvalue weighted by Crippen LogP contribution is -1.62. The Morgan fingerprint density at radius 2 is 1.78 bits per heavy atom. The van der Waals surface area contributed by atoms with Gasteiger partial charge in [-0.25, -0.2) is 0 Å². The third-order valence-electron chi connectivity index (χ3n) is 2.52. The Labute approximate surface area is 119 Å². The fourth-order valence-corrected chi connectivity index (χ4v) is 3.98. The minimum absolute atomic E-state index is 1.13. The van der Waals surface area contributed by atoms with Gasteiger partial charge in [-0.2, -0.15) is 0 Å². The number of thioether (sulfide) groups is 1. The van der Waals surface area contributed by atoms with Gasteiger partial charge in [-0.3, -0.25) is 0 Å². The maximum atomic E-state index is 3.26. The van der Waals surface area contributed by atoms with Crippen LogP contribution in [0, 0.1) is 11.8 Å². The van der Waals surface area contributed by atoms with E-state index < -0.39 is 0 Å². The number of thiophene rings is 2. The monoisotopic (exact) mass is 286 g/mol. The molecule has 0 saturated heterocycles. The number of hydrogen-bond donors (Lipinski definition) is 0. The second-order valence-corrected chi connectivity index (χ2v) is 7.00. The van der Waals surface area contributed by atoms with E-state index in [1.54, 1.807) is 34.4 Å². The van der Waals surface area contributed by atoms with E-state index in [0.29, 0.717) is 0 Å². The summed E-state index contributed by atoms with van der Waals surface area (Å²) in [5.41, 5.74) is 0. The summed E-state index contributed by atoms with van der Waals surface area (Å²) >= 11 is 5.28. The van der Waals surface area contributed by atoms with Crippen LogP contribution in [0.4, 0.5) is 0 Å². The molecule has 1 aromatic carbocycles. The van der Waals surface area contributed by atoms with Crippen molar-refractivity contribution in [3.05, 3.63) is 52.2 Å². The molecule has 0 radical (unpaired) electrons. The lowest BCUT2D eigenvalue weighted by atomic mass is 10.2. The second-order valence-electron chi connectivity index (χ2n) is 3.72. The Hall–Kier alpha value is -1.21. The summed E-state index contributed by atoms with van der Waals surface area (Å²) in [5.74, 6) is 6.50. The summed E-state index contributed by atoms with van der Waals surface area (Å²) < 4.78 is 2.62. The van der Waals surface area contributed by atoms with Crippen molar-refractivity contribution in [2.45, 2.75) is 4.21 Å². The highest BCUT2D eigenvalue weighted by Gasteiger charge is 1.98. The van der Waals surface area contributed by atoms with Crippen molar-refractivity contribution in [3.63, 3.8) is 0 Å². The van der Waals surface area contributed by atoms with Gasteiger partial charge < -0.3 is 0 Å². The van der Waals surface area contributed by atoms with E-state index in [4.69, 9.17) is 0 Å². The SMILES string of the molecule is CSc1ccc(C#Cc2cc3ccccc3s2)s1. The molecule has 0 aliphatic rings. The summed E-state index contributed by atoms with van der Waals surface area (Å²) in [6.45, 7) is 0. The molecule has 0 fully saturated rings. The first-order valence-corrected chi connectivity index (χ1v) is 8.35. The lowest BCUT2D eigenvalue weighted by molar-refractivity contribution is 1.74. The molecule has 0 aliphatic heterocycles. The molecule has 3 rings (SSSR count). The van der Waals surface area contributed by atoms with Crippen molar-refractivity contribution in [3.8, 4) is 11.8 Å². The van der Waals surface area contributed by atoms with Crippen LogP contribution >= 0.6 is 34.4 Å². The topological polar surface area (TPSA) is 0 Å². The average molecular weight is 286 g/mol. The molecule has 0 aliphatic carbocycles. The number of benzene rings is 1. The van der Waals surface area contributed by atoms with Gasteiger partial charge in [0.15, 0.2) is 0 Å². The molecule has 0 saturated carbocycles. The van der Waals surface area contributed by atoms with E-state index >= 15 is 0 Å².